The summed E-state index contributed by atoms with van der Waals surface area (Å²) >= 11 is 0. The van der Waals surface area contributed by atoms with E-state index in [1.807, 2.05) is 29.3 Å². The summed E-state index contributed by atoms with van der Waals surface area (Å²) in [5, 5.41) is 5.19. The van der Waals surface area contributed by atoms with Crippen molar-refractivity contribution in [1.29, 1.82) is 0 Å². The van der Waals surface area contributed by atoms with Gasteiger partial charge in [-0.2, -0.15) is 13.2 Å². The van der Waals surface area contributed by atoms with Gasteiger partial charge in [-0.3, -0.25) is 39.1 Å². The number of hydrogen-bond donors (Lipinski definition) is 2. The molecular formula is C49H57F3N10O5. The number of piperazine rings is 1. The van der Waals surface area contributed by atoms with E-state index in [0.29, 0.717) is 66.4 Å². The van der Waals surface area contributed by atoms with Crippen molar-refractivity contribution >= 4 is 58.1 Å². The van der Waals surface area contributed by atoms with Crippen LogP contribution in [-0.4, -0.2) is 133 Å². The molecule has 15 nitrogen and oxygen atoms in total. The van der Waals surface area contributed by atoms with Gasteiger partial charge in [0.2, 0.25) is 17.7 Å². The number of carbonyl (C=O) groups excluding carboxylic acids is 5. The fourth-order valence-corrected chi connectivity index (χ4v) is 10.9. The number of fused-ring (bicyclic) bond motifs is 1. The number of hydrogen-bond acceptors (Lipinski definition) is 11. The Bertz CT molecular complexity index is 2420. The van der Waals surface area contributed by atoms with Crippen LogP contribution in [0.3, 0.4) is 0 Å². The summed E-state index contributed by atoms with van der Waals surface area (Å²) < 4.78 is 40.5. The normalized spacial score (nSPS) is 23.1. The third kappa shape index (κ3) is 9.99. The first-order chi connectivity index (χ1) is 32.2. The van der Waals surface area contributed by atoms with Crippen molar-refractivity contribution in [3.8, 4) is 0 Å². The molecule has 6 aliphatic heterocycles. The molecule has 67 heavy (non-hydrogen) atoms. The van der Waals surface area contributed by atoms with Gasteiger partial charge >= 0.3 is 6.18 Å². The largest absolute Gasteiger partial charge is 0.407 e. The van der Waals surface area contributed by atoms with Crippen LogP contribution in [0.25, 0.3) is 4.85 Å². The van der Waals surface area contributed by atoms with E-state index in [-0.39, 0.29) is 24.7 Å². The Balaban J connectivity index is 0.672. The molecule has 2 N–H and O–H groups in total. The zero-order chi connectivity index (χ0) is 47.0. The molecule has 18 heteroatoms. The highest BCUT2D eigenvalue weighted by Gasteiger charge is 2.45. The van der Waals surface area contributed by atoms with Crippen LogP contribution in [-0.2, 0) is 20.6 Å². The van der Waals surface area contributed by atoms with Gasteiger partial charge in [0.05, 0.1) is 35.1 Å². The van der Waals surface area contributed by atoms with Crippen LogP contribution in [0.15, 0.2) is 54.7 Å². The first-order valence-corrected chi connectivity index (χ1v) is 23.6. The number of anilines is 4. The molecule has 7 heterocycles. The summed E-state index contributed by atoms with van der Waals surface area (Å²) in [6.45, 7) is 19.2. The molecule has 6 aliphatic rings. The van der Waals surface area contributed by atoms with E-state index in [4.69, 9.17) is 6.57 Å². The molecule has 0 bridgehead atoms. The number of halogens is 3. The standard InChI is InChI=1S/C49H57F3N10O5/c1-31-28-57(29-32-11-17-58(18-12-32)35-3-6-38-39(25-35)48(67)62(47(38)66)42-8-10-44(63)56-46(42)65)23-24-61(31)30-33-13-19-60(20-14-33)37-5-9-43(54-27-37)55-45(64)34-15-21-59(22-16-34)36-4-7-41(53-2)40(26-36)49(50,51)52/h3-7,9,25-27,31-34,42H,8,10-24,28-30H2,1H3,(H,54,55,64)(H,56,63,65)/t31-,42?/m1/s1. The van der Waals surface area contributed by atoms with E-state index >= 15 is 0 Å². The monoisotopic (exact) mass is 922 g/mol. The molecule has 5 amide bonds. The summed E-state index contributed by atoms with van der Waals surface area (Å²) in [5.74, 6) is -0.722. The molecule has 0 aliphatic carbocycles. The highest BCUT2D eigenvalue weighted by atomic mass is 19.4. The van der Waals surface area contributed by atoms with Crippen LogP contribution in [0.4, 0.5) is 41.7 Å². The summed E-state index contributed by atoms with van der Waals surface area (Å²) in [4.78, 5) is 84.1. The SMILES string of the molecule is [C-]#[N+]c1ccc(N2CCC(C(=O)Nc3ccc(N4CCC(CN5CCN(CC6CCN(c7ccc8c(c7)C(=O)N(C7CCC(=O)NC7=O)C8=O)CC6)C[C@H]5C)CC4)cn3)CC2)cc1C(F)(F)F. The third-order valence-electron chi connectivity index (χ3n) is 14.9. The molecule has 354 valence electrons. The fourth-order valence-electron chi connectivity index (χ4n) is 10.9. The van der Waals surface area contributed by atoms with Gasteiger partial charge < -0.3 is 24.9 Å². The minimum Gasteiger partial charge on any atom is -0.372 e. The number of nitrogens with one attached hydrogen (secondary N) is 2. The lowest BCUT2D eigenvalue weighted by atomic mass is 9.93. The van der Waals surface area contributed by atoms with Crippen molar-refractivity contribution < 1.29 is 37.1 Å². The minimum absolute atomic E-state index is 0.0899. The Morgan fingerprint density at radius 1 is 0.761 bits per heavy atom. The molecule has 2 aromatic carbocycles. The van der Waals surface area contributed by atoms with Crippen molar-refractivity contribution in [2.45, 2.75) is 76.6 Å². The first-order valence-electron chi connectivity index (χ1n) is 23.6. The van der Waals surface area contributed by atoms with Crippen molar-refractivity contribution in [2.24, 2.45) is 17.8 Å². The molecule has 0 saturated carbocycles. The van der Waals surface area contributed by atoms with Gasteiger partial charge in [0.25, 0.3) is 11.8 Å². The van der Waals surface area contributed by atoms with E-state index in [1.165, 1.54) is 12.1 Å². The van der Waals surface area contributed by atoms with Gasteiger partial charge in [0, 0.05) is 102 Å². The maximum Gasteiger partial charge on any atom is 0.407 e. The topological polar surface area (TPSA) is 146 Å². The molecule has 9 rings (SSSR count). The maximum absolute atomic E-state index is 13.5. The van der Waals surface area contributed by atoms with E-state index in [0.717, 1.165) is 107 Å². The zero-order valence-electron chi connectivity index (χ0n) is 37.8. The Hall–Kier alpha value is -6.06. The van der Waals surface area contributed by atoms with Gasteiger partial charge in [-0.15, -0.1) is 0 Å². The lowest BCUT2D eigenvalue weighted by Gasteiger charge is -2.44. The van der Waals surface area contributed by atoms with Crippen LogP contribution < -0.4 is 25.3 Å². The molecule has 0 radical (unpaired) electrons. The molecule has 5 fully saturated rings. The average Bonchev–Trinajstić information content (AvgIpc) is 3.57. The highest BCUT2D eigenvalue weighted by Crippen LogP contribution is 2.40. The predicted molar refractivity (Wildman–Crippen MR) is 246 cm³/mol. The molecule has 1 aromatic heterocycles. The molecule has 3 aromatic rings. The van der Waals surface area contributed by atoms with Gasteiger partial charge in [0.1, 0.15) is 11.9 Å². The Morgan fingerprint density at radius 3 is 2.00 bits per heavy atom. The predicted octanol–water partition coefficient (Wildman–Crippen LogP) is 6.05. The number of aromatic nitrogens is 1. The summed E-state index contributed by atoms with van der Waals surface area (Å²) in [7, 11) is 0. The van der Waals surface area contributed by atoms with Crippen LogP contribution >= 0.6 is 0 Å². The average molecular weight is 923 g/mol. The van der Waals surface area contributed by atoms with Crippen molar-refractivity contribution in [2.75, 3.05) is 92.0 Å². The molecule has 5 saturated heterocycles. The summed E-state index contributed by atoms with van der Waals surface area (Å²) in [6, 6.07) is 12.5. The van der Waals surface area contributed by atoms with Crippen LogP contribution in [0.5, 0.6) is 0 Å². The van der Waals surface area contributed by atoms with Crippen LogP contribution in [0.2, 0.25) is 0 Å². The lowest BCUT2D eigenvalue weighted by molar-refractivity contribution is -0.137. The number of benzene rings is 2. The number of piperidine rings is 4. The molecule has 2 atom stereocenters. The fraction of sp³-hybridized carbons (Fsp3) is 0.531. The number of carbonyl (C=O) groups is 5. The van der Waals surface area contributed by atoms with E-state index in [9.17, 15) is 37.1 Å². The number of alkyl halides is 3. The van der Waals surface area contributed by atoms with Gasteiger partial charge in [-0.25, -0.2) is 9.83 Å². The van der Waals surface area contributed by atoms with Crippen molar-refractivity contribution in [3.05, 3.63) is 82.8 Å². The number of amides is 5. The van der Waals surface area contributed by atoms with Gasteiger partial charge in [-0.05, 0) is 106 Å². The second-order valence-electron chi connectivity index (χ2n) is 19.1. The van der Waals surface area contributed by atoms with Crippen molar-refractivity contribution in [1.82, 2.24) is 25.0 Å². The zero-order valence-corrected chi connectivity index (χ0v) is 37.8. The second-order valence-corrected chi connectivity index (χ2v) is 19.1. The smallest absolute Gasteiger partial charge is 0.372 e. The van der Waals surface area contributed by atoms with Crippen LogP contribution in [0, 0.1) is 24.3 Å². The third-order valence-corrected chi connectivity index (χ3v) is 14.9. The number of rotatable bonds is 10. The Kier molecular flexibility index (Phi) is 13.3. The minimum atomic E-state index is -4.61. The van der Waals surface area contributed by atoms with Crippen LogP contribution in [0.1, 0.15) is 84.6 Å². The number of imide groups is 2. The second kappa shape index (κ2) is 19.3. The molecular weight excluding hydrogens is 866 g/mol. The lowest BCUT2D eigenvalue weighted by Crippen LogP contribution is -2.54. The summed E-state index contributed by atoms with van der Waals surface area (Å²) in [6.07, 6.45) is 2.68. The maximum atomic E-state index is 13.5. The van der Waals surface area contributed by atoms with E-state index in [2.05, 4.69) is 47.0 Å². The summed E-state index contributed by atoms with van der Waals surface area (Å²) in [5.41, 5.74) is 1.58. The van der Waals surface area contributed by atoms with Crippen molar-refractivity contribution in [3.63, 3.8) is 0 Å². The highest BCUT2D eigenvalue weighted by molar-refractivity contribution is 6.23. The Morgan fingerprint density at radius 2 is 1.37 bits per heavy atom. The number of nitrogens with zero attached hydrogens (tertiary/aromatic N) is 8. The quantitative estimate of drug-likeness (QED) is 0.181. The van der Waals surface area contributed by atoms with Gasteiger partial charge in [-0.1, -0.05) is 6.07 Å². The molecule has 0 spiro atoms. The Labute approximate surface area is 388 Å². The molecule has 1 unspecified atom stereocenters. The van der Waals surface area contributed by atoms with Gasteiger partial charge in [0.15, 0.2) is 5.69 Å². The first kappa shape index (κ1) is 46.1. The van der Waals surface area contributed by atoms with E-state index < -0.39 is 47.1 Å². The number of pyridine rings is 1. The van der Waals surface area contributed by atoms with E-state index in [1.54, 1.807) is 12.1 Å².